The van der Waals surface area contributed by atoms with E-state index in [0.29, 0.717) is 0 Å². The highest BCUT2D eigenvalue weighted by Crippen LogP contribution is 2.40. The second-order valence-corrected chi connectivity index (χ2v) is 12.3. The second kappa shape index (κ2) is 15.4. The first kappa shape index (κ1) is 27.1. The summed E-state index contributed by atoms with van der Waals surface area (Å²) in [5, 5.41) is 10.7. The van der Waals surface area contributed by atoms with Gasteiger partial charge in [0, 0.05) is 26.2 Å². The summed E-state index contributed by atoms with van der Waals surface area (Å²) >= 11 is 0. The van der Waals surface area contributed by atoms with Gasteiger partial charge < -0.3 is 10.0 Å². The zero-order valence-electron chi connectivity index (χ0n) is 22.5. The lowest BCUT2D eigenvalue weighted by molar-refractivity contribution is 0.00987. The minimum Gasteiger partial charge on any atom is -0.388 e. The quantitative estimate of drug-likeness (QED) is 0.403. The van der Waals surface area contributed by atoms with E-state index in [1.807, 2.05) is 12.2 Å². The lowest BCUT2D eigenvalue weighted by Gasteiger charge is -2.47. The number of hydrogen-bond acceptors (Lipinski definition) is 3. The first-order valence-corrected chi connectivity index (χ1v) is 15.4. The molecule has 4 fully saturated rings. The molecule has 0 saturated carbocycles. The number of fused-ring (bicyclic) bond motifs is 13. The van der Waals surface area contributed by atoms with Crippen LogP contribution in [0, 0.1) is 23.7 Å². The maximum absolute atomic E-state index is 10.7. The molecule has 35 heavy (non-hydrogen) atoms. The van der Waals surface area contributed by atoms with Crippen molar-refractivity contribution in [1.82, 2.24) is 9.80 Å². The van der Waals surface area contributed by atoms with Gasteiger partial charge in [-0.25, -0.2) is 0 Å². The molecule has 0 aromatic rings. The zero-order valence-corrected chi connectivity index (χ0v) is 22.5. The molecule has 7 atom stereocenters. The largest absolute Gasteiger partial charge is 0.388 e. The van der Waals surface area contributed by atoms with Crippen molar-refractivity contribution in [3.8, 4) is 0 Å². The van der Waals surface area contributed by atoms with Crippen LogP contribution in [0.3, 0.4) is 0 Å². The highest BCUT2D eigenvalue weighted by atomic mass is 16.3. The van der Waals surface area contributed by atoms with E-state index in [9.17, 15) is 5.11 Å². The number of aliphatic hydroxyl groups excluding tert-OH is 1. The van der Waals surface area contributed by atoms with Crippen molar-refractivity contribution in [3.05, 3.63) is 36.5 Å². The monoisotopic (exact) mass is 482 g/mol. The van der Waals surface area contributed by atoms with Gasteiger partial charge in [-0.1, -0.05) is 94.2 Å². The maximum Gasteiger partial charge on any atom is 0.0850 e. The number of piperidine rings is 2. The summed E-state index contributed by atoms with van der Waals surface area (Å²) in [4.78, 5) is 5.46. The standard InChI is InChI=1S/C32H54N2O/c35-31-19-15-11-7-6-10-14-18-29-25-33-21-16-12-8-4-2-1-3-5-9-13-17-28-23-30(32(29)20-22-33)26-34(24-28)27-31/h6-7,10-11,15,19,28-32,35H,1-5,8-9,12-14,16-18,20-27H2/b10-6-,11-7-,19-15-/t28-,29-,30+,31?,32+/m0/s1. The van der Waals surface area contributed by atoms with Gasteiger partial charge in [0.05, 0.1) is 6.10 Å². The van der Waals surface area contributed by atoms with Crippen LogP contribution in [0.1, 0.15) is 96.3 Å². The van der Waals surface area contributed by atoms with E-state index in [2.05, 4.69) is 34.1 Å². The van der Waals surface area contributed by atoms with E-state index in [0.717, 1.165) is 30.2 Å². The molecule has 198 valence electrons. The fourth-order valence-electron chi connectivity index (χ4n) is 7.59. The molecule has 0 spiro atoms. The molecule has 5 aliphatic heterocycles. The molecular weight excluding hydrogens is 428 g/mol. The Morgan fingerprint density at radius 1 is 0.571 bits per heavy atom. The topological polar surface area (TPSA) is 26.7 Å². The van der Waals surface area contributed by atoms with Gasteiger partial charge >= 0.3 is 0 Å². The molecule has 3 nitrogen and oxygen atoms in total. The molecule has 1 N–H and O–H groups in total. The van der Waals surface area contributed by atoms with Crippen molar-refractivity contribution in [2.24, 2.45) is 23.7 Å². The molecular formula is C32H54N2O. The Labute approximate surface area is 216 Å². The van der Waals surface area contributed by atoms with Gasteiger partial charge in [0.1, 0.15) is 0 Å². The lowest BCUT2D eigenvalue weighted by atomic mass is 9.69. The van der Waals surface area contributed by atoms with Crippen LogP contribution in [-0.2, 0) is 0 Å². The van der Waals surface area contributed by atoms with Crippen LogP contribution in [0.4, 0.5) is 0 Å². The van der Waals surface area contributed by atoms with E-state index in [-0.39, 0.29) is 6.10 Å². The van der Waals surface area contributed by atoms with E-state index in [1.54, 1.807) is 0 Å². The van der Waals surface area contributed by atoms with Gasteiger partial charge in [0.2, 0.25) is 0 Å². The van der Waals surface area contributed by atoms with Crippen LogP contribution in [0.2, 0.25) is 0 Å². The van der Waals surface area contributed by atoms with Gasteiger partial charge in [0.15, 0.2) is 0 Å². The molecule has 0 aromatic carbocycles. The summed E-state index contributed by atoms with van der Waals surface area (Å²) in [6.45, 7) is 7.15. The first-order valence-electron chi connectivity index (χ1n) is 15.4. The predicted molar refractivity (Wildman–Crippen MR) is 150 cm³/mol. The lowest BCUT2D eigenvalue weighted by Crippen LogP contribution is -2.50. The highest BCUT2D eigenvalue weighted by Gasteiger charge is 2.38. The summed E-state index contributed by atoms with van der Waals surface area (Å²) in [5.41, 5.74) is 0. The Kier molecular flexibility index (Phi) is 11.9. The van der Waals surface area contributed by atoms with Crippen molar-refractivity contribution < 1.29 is 5.11 Å². The molecule has 5 rings (SSSR count). The van der Waals surface area contributed by atoms with Crippen LogP contribution in [0.5, 0.6) is 0 Å². The number of nitrogens with zero attached hydrogens (tertiary/aromatic N) is 2. The minimum absolute atomic E-state index is 0.361. The molecule has 3 unspecified atom stereocenters. The molecule has 3 heteroatoms. The van der Waals surface area contributed by atoms with Gasteiger partial charge in [0.25, 0.3) is 0 Å². The third-order valence-corrected chi connectivity index (χ3v) is 9.42. The van der Waals surface area contributed by atoms with E-state index in [4.69, 9.17) is 0 Å². The molecule has 0 aliphatic carbocycles. The summed E-state index contributed by atoms with van der Waals surface area (Å²) in [6.07, 6.45) is 33.5. The van der Waals surface area contributed by atoms with Crippen LogP contribution >= 0.6 is 0 Å². The summed E-state index contributed by atoms with van der Waals surface area (Å²) in [6, 6.07) is 0. The molecule has 4 saturated heterocycles. The maximum atomic E-state index is 10.7. The average molecular weight is 483 g/mol. The van der Waals surface area contributed by atoms with Gasteiger partial charge in [-0.15, -0.1) is 0 Å². The van der Waals surface area contributed by atoms with Gasteiger partial charge in [-0.2, -0.15) is 0 Å². The number of rotatable bonds is 0. The van der Waals surface area contributed by atoms with Crippen LogP contribution < -0.4 is 0 Å². The van der Waals surface area contributed by atoms with E-state index in [1.165, 1.54) is 129 Å². The van der Waals surface area contributed by atoms with Crippen LogP contribution in [0.25, 0.3) is 0 Å². The summed E-state index contributed by atoms with van der Waals surface area (Å²) in [5.74, 6) is 3.33. The summed E-state index contributed by atoms with van der Waals surface area (Å²) < 4.78 is 0. The highest BCUT2D eigenvalue weighted by molar-refractivity contribution is 5.12. The smallest absolute Gasteiger partial charge is 0.0850 e. The molecule has 0 aromatic heterocycles. The van der Waals surface area contributed by atoms with E-state index < -0.39 is 0 Å². The zero-order chi connectivity index (χ0) is 24.1. The predicted octanol–water partition coefficient (Wildman–Crippen LogP) is 6.99. The Balaban J connectivity index is 1.50. The first-order chi connectivity index (χ1) is 17.3. The minimum atomic E-state index is -0.361. The van der Waals surface area contributed by atoms with Crippen molar-refractivity contribution in [2.45, 2.75) is 102 Å². The van der Waals surface area contributed by atoms with Crippen molar-refractivity contribution >= 4 is 0 Å². The molecule has 0 radical (unpaired) electrons. The fraction of sp³-hybridized carbons (Fsp3) is 0.812. The average Bonchev–Trinajstić information content (AvgIpc) is 2.85. The Hall–Kier alpha value is -0.900. The molecule has 0 amide bonds. The fourth-order valence-corrected chi connectivity index (χ4v) is 7.59. The SMILES string of the molecule is OC1\C=C/C=C\C=C/CC[C@H]2CN3CCCCCCCCCCCC[C@H]4C[C@H](CN(C1)C4)[C@@H]2CC3. The Morgan fingerprint density at radius 3 is 2.11 bits per heavy atom. The van der Waals surface area contributed by atoms with Crippen LogP contribution in [-0.4, -0.2) is 60.3 Å². The summed E-state index contributed by atoms with van der Waals surface area (Å²) in [7, 11) is 0. The van der Waals surface area contributed by atoms with Crippen molar-refractivity contribution in [1.29, 1.82) is 0 Å². The normalized spacial score (nSPS) is 41.6. The molecule has 5 heterocycles. The molecule has 5 aliphatic rings. The van der Waals surface area contributed by atoms with E-state index >= 15 is 0 Å². The Morgan fingerprint density at radius 2 is 1.29 bits per heavy atom. The third kappa shape index (κ3) is 9.48. The number of aliphatic hydroxyl groups is 1. The second-order valence-electron chi connectivity index (χ2n) is 12.3. The number of hydrogen-bond donors (Lipinski definition) is 1. The van der Waals surface area contributed by atoms with Crippen molar-refractivity contribution in [3.63, 3.8) is 0 Å². The third-order valence-electron chi connectivity index (χ3n) is 9.42. The van der Waals surface area contributed by atoms with Crippen LogP contribution in [0.15, 0.2) is 36.5 Å². The number of allylic oxidation sites excluding steroid dienone is 5. The van der Waals surface area contributed by atoms with Gasteiger partial charge in [-0.3, -0.25) is 4.90 Å². The Bertz CT molecular complexity index is 670. The molecule has 6 bridgehead atoms. The van der Waals surface area contributed by atoms with Crippen molar-refractivity contribution in [2.75, 3.05) is 39.3 Å². The van der Waals surface area contributed by atoms with Gasteiger partial charge in [-0.05, 0) is 75.3 Å².